The fourth-order valence-electron chi connectivity index (χ4n) is 6.78. The molecular weight excluding hydrogens is 232 g/mol. The Kier molecular flexibility index (Phi) is 2.56. The molecule has 4 saturated carbocycles. The van der Waals surface area contributed by atoms with Crippen LogP contribution in [0.4, 0.5) is 0 Å². The van der Waals surface area contributed by atoms with Crippen molar-refractivity contribution >= 4 is 0 Å². The van der Waals surface area contributed by atoms with Crippen LogP contribution < -0.4 is 0 Å². The van der Waals surface area contributed by atoms with Crippen molar-refractivity contribution in [2.45, 2.75) is 57.0 Å². The largest absolute Gasteiger partial charge is 0.298 e. The predicted molar refractivity (Wildman–Crippen MR) is 77.0 cm³/mol. The van der Waals surface area contributed by atoms with Gasteiger partial charge in [-0.05, 0) is 75.2 Å². The first kappa shape index (κ1) is 11.6. The molecular formula is C17H28N2. The molecule has 2 nitrogen and oxygen atoms in total. The van der Waals surface area contributed by atoms with Crippen LogP contribution >= 0.6 is 0 Å². The summed E-state index contributed by atoms with van der Waals surface area (Å²) in [5, 5.41) is 0. The first-order valence-corrected chi connectivity index (χ1v) is 8.85. The van der Waals surface area contributed by atoms with Gasteiger partial charge >= 0.3 is 0 Å². The second-order valence-corrected chi connectivity index (χ2v) is 8.25. The van der Waals surface area contributed by atoms with E-state index in [4.69, 9.17) is 0 Å². The molecule has 6 aliphatic rings. The summed E-state index contributed by atoms with van der Waals surface area (Å²) in [6.07, 6.45) is 10.9. The van der Waals surface area contributed by atoms with Gasteiger partial charge in [0.05, 0.1) is 0 Å². The quantitative estimate of drug-likeness (QED) is 0.715. The minimum absolute atomic E-state index is 0.922. The molecule has 2 saturated heterocycles. The molecule has 0 radical (unpaired) electrons. The zero-order valence-electron chi connectivity index (χ0n) is 12.1. The van der Waals surface area contributed by atoms with Gasteiger partial charge in [-0.2, -0.15) is 0 Å². The number of fused-ring (bicyclic) bond motifs is 1. The van der Waals surface area contributed by atoms with Crippen molar-refractivity contribution < 1.29 is 0 Å². The highest BCUT2D eigenvalue weighted by Crippen LogP contribution is 2.55. The zero-order valence-corrected chi connectivity index (χ0v) is 12.1. The van der Waals surface area contributed by atoms with Gasteiger partial charge in [-0.25, -0.2) is 0 Å². The highest BCUT2D eigenvalue weighted by Gasteiger charge is 2.50. The number of rotatable bonds is 1. The van der Waals surface area contributed by atoms with Gasteiger partial charge in [0.1, 0.15) is 0 Å². The molecule has 106 valence electrons. The minimum Gasteiger partial charge on any atom is -0.298 e. The Bertz CT molecular complexity index is 338. The molecule has 0 aromatic heterocycles. The van der Waals surface area contributed by atoms with Gasteiger partial charge in [0.2, 0.25) is 0 Å². The SMILES string of the molecule is C1C[C@H]2CN(C3C4CC5CC(C4)CC3C5)CCN2C1. The third-order valence-electron chi connectivity index (χ3n) is 7.22. The highest BCUT2D eigenvalue weighted by atomic mass is 15.3. The number of nitrogens with zero attached hydrogens (tertiary/aromatic N) is 2. The first-order valence-electron chi connectivity index (χ1n) is 8.85. The lowest BCUT2D eigenvalue weighted by Crippen LogP contribution is -2.61. The van der Waals surface area contributed by atoms with Gasteiger partial charge in [-0.15, -0.1) is 0 Å². The second kappa shape index (κ2) is 4.21. The number of piperazine rings is 1. The van der Waals surface area contributed by atoms with Gasteiger partial charge in [-0.1, -0.05) is 0 Å². The van der Waals surface area contributed by atoms with E-state index in [1.165, 1.54) is 39.0 Å². The van der Waals surface area contributed by atoms with Crippen LogP contribution in [0.15, 0.2) is 0 Å². The molecule has 0 aromatic rings. The van der Waals surface area contributed by atoms with Crippen LogP contribution in [-0.2, 0) is 0 Å². The summed E-state index contributed by atoms with van der Waals surface area (Å²) >= 11 is 0. The Morgan fingerprint density at radius 1 is 0.684 bits per heavy atom. The van der Waals surface area contributed by atoms with E-state index in [1.54, 1.807) is 32.1 Å². The van der Waals surface area contributed by atoms with Gasteiger partial charge in [0.25, 0.3) is 0 Å². The van der Waals surface area contributed by atoms with Crippen molar-refractivity contribution in [3.63, 3.8) is 0 Å². The maximum Gasteiger partial charge on any atom is 0.0224 e. The predicted octanol–water partition coefficient (Wildman–Crippen LogP) is 2.59. The van der Waals surface area contributed by atoms with E-state index in [1.807, 2.05) is 0 Å². The van der Waals surface area contributed by atoms with Crippen molar-refractivity contribution in [1.82, 2.24) is 9.80 Å². The molecule has 2 heterocycles. The molecule has 6 fully saturated rings. The third-order valence-corrected chi connectivity index (χ3v) is 7.22. The molecule has 4 aliphatic carbocycles. The molecule has 0 unspecified atom stereocenters. The molecule has 19 heavy (non-hydrogen) atoms. The van der Waals surface area contributed by atoms with Gasteiger partial charge < -0.3 is 0 Å². The molecule has 0 amide bonds. The lowest BCUT2D eigenvalue weighted by Gasteiger charge is -2.58. The Morgan fingerprint density at radius 3 is 2.11 bits per heavy atom. The van der Waals surface area contributed by atoms with E-state index in [2.05, 4.69) is 9.80 Å². The Morgan fingerprint density at radius 2 is 1.37 bits per heavy atom. The topological polar surface area (TPSA) is 6.48 Å². The van der Waals surface area contributed by atoms with Crippen molar-refractivity contribution in [1.29, 1.82) is 0 Å². The monoisotopic (exact) mass is 260 g/mol. The average Bonchev–Trinajstić information content (AvgIpc) is 2.84. The summed E-state index contributed by atoms with van der Waals surface area (Å²) in [4.78, 5) is 5.73. The lowest BCUT2D eigenvalue weighted by atomic mass is 9.54. The van der Waals surface area contributed by atoms with E-state index in [-0.39, 0.29) is 0 Å². The molecule has 0 spiro atoms. The van der Waals surface area contributed by atoms with Crippen LogP contribution in [0.25, 0.3) is 0 Å². The highest BCUT2D eigenvalue weighted by molar-refractivity contribution is 5.03. The summed E-state index contributed by atoms with van der Waals surface area (Å²) in [6.45, 7) is 5.55. The van der Waals surface area contributed by atoms with Crippen LogP contribution in [0.2, 0.25) is 0 Å². The zero-order chi connectivity index (χ0) is 12.4. The minimum atomic E-state index is 0.922. The Balaban J connectivity index is 1.36. The normalized spacial score (nSPS) is 53.7. The molecule has 2 aliphatic heterocycles. The standard InChI is InChI=1S/C17H28N2/c1-2-16-11-19(5-4-18(16)3-1)17-14-7-12-6-13(9-14)10-15(17)8-12/h12-17H,1-11H2/t12?,13?,14?,15?,16-,17?/m0/s1. The van der Waals surface area contributed by atoms with Crippen molar-refractivity contribution in [3.8, 4) is 0 Å². The summed E-state index contributed by atoms with van der Waals surface area (Å²) in [5.74, 6) is 4.44. The summed E-state index contributed by atoms with van der Waals surface area (Å²) in [6, 6.07) is 1.92. The van der Waals surface area contributed by atoms with E-state index < -0.39 is 0 Å². The lowest BCUT2D eigenvalue weighted by molar-refractivity contribution is -0.0814. The molecule has 6 rings (SSSR count). The summed E-state index contributed by atoms with van der Waals surface area (Å²) in [5.41, 5.74) is 0. The van der Waals surface area contributed by atoms with Gasteiger partial charge in [-0.3, -0.25) is 9.80 Å². The van der Waals surface area contributed by atoms with E-state index in [0.29, 0.717) is 0 Å². The summed E-state index contributed by atoms with van der Waals surface area (Å²) < 4.78 is 0. The van der Waals surface area contributed by atoms with Crippen LogP contribution in [0.1, 0.15) is 44.9 Å². The molecule has 1 atom stereocenters. The van der Waals surface area contributed by atoms with Gasteiger partial charge in [0.15, 0.2) is 0 Å². The van der Waals surface area contributed by atoms with Crippen LogP contribution in [-0.4, -0.2) is 48.1 Å². The molecule has 4 bridgehead atoms. The second-order valence-electron chi connectivity index (χ2n) is 8.25. The average molecular weight is 260 g/mol. The maximum absolute atomic E-state index is 2.96. The molecule has 0 aromatic carbocycles. The van der Waals surface area contributed by atoms with Crippen molar-refractivity contribution in [2.75, 3.05) is 26.2 Å². The number of hydrogen-bond acceptors (Lipinski definition) is 2. The van der Waals surface area contributed by atoms with E-state index in [0.717, 1.165) is 35.8 Å². The Labute approximate surface area is 117 Å². The van der Waals surface area contributed by atoms with Crippen LogP contribution in [0.3, 0.4) is 0 Å². The fraction of sp³-hybridized carbons (Fsp3) is 1.00. The van der Waals surface area contributed by atoms with E-state index in [9.17, 15) is 0 Å². The molecule has 0 N–H and O–H groups in total. The third kappa shape index (κ3) is 1.75. The smallest absolute Gasteiger partial charge is 0.0224 e. The van der Waals surface area contributed by atoms with Crippen LogP contribution in [0, 0.1) is 23.7 Å². The molecule has 2 heteroatoms. The van der Waals surface area contributed by atoms with Crippen LogP contribution in [0.5, 0.6) is 0 Å². The maximum atomic E-state index is 2.96. The van der Waals surface area contributed by atoms with Crippen molar-refractivity contribution in [2.24, 2.45) is 23.7 Å². The first-order chi connectivity index (χ1) is 9.37. The number of hydrogen-bond donors (Lipinski definition) is 0. The summed E-state index contributed by atoms with van der Waals surface area (Å²) in [7, 11) is 0. The Hall–Kier alpha value is -0.0800. The van der Waals surface area contributed by atoms with Gasteiger partial charge in [0, 0.05) is 31.7 Å². The van der Waals surface area contributed by atoms with Crippen molar-refractivity contribution in [3.05, 3.63) is 0 Å². The van der Waals surface area contributed by atoms with E-state index >= 15 is 0 Å². The fourth-order valence-corrected chi connectivity index (χ4v) is 6.78.